The van der Waals surface area contributed by atoms with E-state index in [-0.39, 0.29) is 11.4 Å². The number of nitro benzene ring substituents is 1. The summed E-state index contributed by atoms with van der Waals surface area (Å²) >= 11 is 0. The molecular weight excluding hydrogens is 252 g/mol. The van der Waals surface area contributed by atoms with Crippen LogP contribution in [0, 0.1) is 10.1 Å². The monoisotopic (exact) mass is 268 g/mol. The number of non-ortho nitro benzene ring substituents is 1. The first-order valence-corrected chi connectivity index (χ1v) is 6.06. The molecule has 2 rings (SSSR count). The van der Waals surface area contributed by atoms with E-state index in [2.05, 4.69) is 4.90 Å². The summed E-state index contributed by atoms with van der Waals surface area (Å²) in [6.07, 6.45) is 0. The number of phenols is 1. The number of phenolic OH excluding ortho intramolecular Hbond substituents is 1. The Balaban J connectivity index is 1.86. The van der Waals surface area contributed by atoms with Crippen LogP contribution >= 0.6 is 0 Å². The number of hydrogen-bond acceptors (Lipinski definition) is 6. The van der Waals surface area contributed by atoms with Gasteiger partial charge in [0.1, 0.15) is 18.1 Å². The van der Waals surface area contributed by atoms with Crippen LogP contribution in [-0.2, 0) is 4.74 Å². The largest absolute Gasteiger partial charge is 0.508 e. The highest BCUT2D eigenvalue weighted by Crippen LogP contribution is 2.26. The van der Waals surface area contributed by atoms with Crippen LogP contribution in [0.1, 0.15) is 0 Å². The van der Waals surface area contributed by atoms with E-state index < -0.39 is 4.92 Å². The molecule has 0 atom stereocenters. The van der Waals surface area contributed by atoms with Crippen LogP contribution in [0.4, 0.5) is 5.69 Å². The molecule has 0 bridgehead atoms. The summed E-state index contributed by atoms with van der Waals surface area (Å²) in [6.45, 7) is 4.32. The second kappa shape index (κ2) is 6.35. The average molecular weight is 268 g/mol. The Hall–Kier alpha value is -1.86. The fourth-order valence-corrected chi connectivity index (χ4v) is 1.87. The first-order valence-electron chi connectivity index (χ1n) is 6.06. The van der Waals surface area contributed by atoms with Crippen LogP contribution in [0.15, 0.2) is 18.2 Å². The van der Waals surface area contributed by atoms with Gasteiger partial charge in [-0.3, -0.25) is 15.0 Å². The quantitative estimate of drug-likeness (QED) is 0.633. The minimum atomic E-state index is -0.561. The maximum absolute atomic E-state index is 10.6. The fourth-order valence-electron chi connectivity index (χ4n) is 1.87. The molecule has 0 spiro atoms. The number of rotatable bonds is 5. The van der Waals surface area contributed by atoms with E-state index in [1.807, 2.05) is 0 Å². The lowest BCUT2D eigenvalue weighted by atomic mass is 10.3. The van der Waals surface area contributed by atoms with Crippen molar-refractivity contribution >= 4 is 5.69 Å². The minimum Gasteiger partial charge on any atom is -0.508 e. The highest BCUT2D eigenvalue weighted by atomic mass is 16.6. The van der Waals surface area contributed by atoms with Gasteiger partial charge in [0.25, 0.3) is 5.69 Å². The number of aromatic hydroxyl groups is 1. The summed E-state index contributed by atoms with van der Waals surface area (Å²) in [7, 11) is 0. The van der Waals surface area contributed by atoms with E-state index in [0.29, 0.717) is 12.4 Å². The molecule has 1 aromatic rings. The fraction of sp³-hybridized carbons (Fsp3) is 0.500. The molecule has 0 saturated carbocycles. The van der Waals surface area contributed by atoms with Gasteiger partial charge < -0.3 is 14.6 Å². The van der Waals surface area contributed by atoms with E-state index in [1.165, 1.54) is 12.1 Å². The standard InChI is InChI=1S/C12H16N2O5/c15-11-7-10(14(16)17)8-12(9-11)19-6-3-13-1-4-18-5-2-13/h7-9,15H,1-6H2. The lowest BCUT2D eigenvalue weighted by Gasteiger charge is -2.26. The van der Waals surface area contributed by atoms with Gasteiger partial charge in [0, 0.05) is 25.7 Å². The Labute approximate surface area is 110 Å². The number of benzene rings is 1. The molecule has 0 amide bonds. The van der Waals surface area contributed by atoms with Gasteiger partial charge in [-0.15, -0.1) is 0 Å². The lowest BCUT2D eigenvalue weighted by molar-refractivity contribution is -0.385. The second-order valence-electron chi connectivity index (χ2n) is 4.24. The Morgan fingerprint density at radius 3 is 2.79 bits per heavy atom. The minimum absolute atomic E-state index is 0.171. The van der Waals surface area contributed by atoms with Gasteiger partial charge in [-0.05, 0) is 0 Å². The predicted molar refractivity (Wildman–Crippen MR) is 67.5 cm³/mol. The van der Waals surface area contributed by atoms with Crippen LogP contribution in [0.25, 0.3) is 0 Å². The third kappa shape index (κ3) is 4.08. The number of nitrogens with zero attached hydrogens (tertiary/aromatic N) is 2. The zero-order valence-corrected chi connectivity index (χ0v) is 10.4. The summed E-state index contributed by atoms with van der Waals surface area (Å²) in [6, 6.07) is 3.76. The lowest BCUT2D eigenvalue weighted by Crippen LogP contribution is -2.38. The van der Waals surface area contributed by atoms with Crippen LogP contribution in [0.2, 0.25) is 0 Å². The molecule has 1 fully saturated rings. The highest BCUT2D eigenvalue weighted by Gasteiger charge is 2.12. The molecule has 0 aromatic heterocycles. The summed E-state index contributed by atoms with van der Waals surface area (Å²) in [5.41, 5.74) is -0.179. The molecule has 7 heteroatoms. The molecule has 19 heavy (non-hydrogen) atoms. The van der Waals surface area contributed by atoms with Crippen LogP contribution in [-0.4, -0.2) is 54.4 Å². The first-order chi connectivity index (χ1) is 9.15. The van der Waals surface area contributed by atoms with Crippen LogP contribution in [0.3, 0.4) is 0 Å². The van der Waals surface area contributed by atoms with E-state index in [0.717, 1.165) is 38.9 Å². The van der Waals surface area contributed by atoms with Crippen LogP contribution < -0.4 is 4.74 Å². The maximum atomic E-state index is 10.6. The molecule has 0 unspecified atom stereocenters. The normalized spacial score (nSPS) is 16.2. The zero-order valence-electron chi connectivity index (χ0n) is 10.4. The van der Waals surface area contributed by atoms with Crippen molar-refractivity contribution in [1.82, 2.24) is 4.90 Å². The Morgan fingerprint density at radius 2 is 2.11 bits per heavy atom. The number of morpholine rings is 1. The van der Waals surface area contributed by atoms with Crippen molar-refractivity contribution in [2.24, 2.45) is 0 Å². The van der Waals surface area contributed by atoms with E-state index in [9.17, 15) is 15.2 Å². The van der Waals surface area contributed by atoms with Crippen molar-refractivity contribution < 1.29 is 19.5 Å². The van der Waals surface area contributed by atoms with Crippen molar-refractivity contribution in [3.8, 4) is 11.5 Å². The Bertz CT molecular complexity index is 446. The molecule has 1 N–H and O–H groups in total. The summed E-state index contributed by atoms with van der Waals surface area (Å²) in [4.78, 5) is 12.3. The van der Waals surface area contributed by atoms with Gasteiger partial charge in [0.05, 0.1) is 30.3 Å². The summed E-state index contributed by atoms with van der Waals surface area (Å²) in [5.74, 6) is 0.135. The van der Waals surface area contributed by atoms with E-state index in [1.54, 1.807) is 0 Å². The van der Waals surface area contributed by atoms with Gasteiger partial charge in [0.15, 0.2) is 0 Å². The van der Waals surface area contributed by atoms with Gasteiger partial charge in [-0.25, -0.2) is 0 Å². The van der Waals surface area contributed by atoms with Gasteiger partial charge >= 0.3 is 0 Å². The van der Waals surface area contributed by atoms with Crippen molar-refractivity contribution in [3.63, 3.8) is 0 Å². The van der Waals surface area contributed by atoms with Crippen molar-refractivity contribution in [3.05, 3.63) is 28.3 Å². The average Bonchev–Trinajstić information content (AvgIpc) is 2.39. The van der Waals surface area contributed by atoms with E-state index in [4.69, 9.17) is 9.47 Å². The zero-order chi connectivity index (χ0) is 13.7. The van der Waals surface area contributed by atoms with Crippen molar-refractivity contribution in [1.29, 1.82) is 0 Å². The van der Waals surface area contributed by atoms with Crippen molar-refractivity contribution in [2.45, 2.75) is 0 Å². The molecule has 1 aromatic carbocycles. The first kappa shape index (κ1) is 13.6. The smallest absolute Gasteiger partial charge is 0.276 e. The molecular formula is C12H16N2O5. The SMILES string of the molecule is O=[N+]([O-])c1cc(O)cc(OCCN2CCOCC2)c1. The Morgan fingerprint density at radius 1 is 1.37 bits per heavy atom. The second-order valence-corrected chi connectivity index (χ2v) is 4.24. The third-order valence-electron chi connectivity index (χ3n) is 2.87. The molecule has 0 aliphatic carbocycles. The highest BCUT2D eigenvalue weighted by molar-refractivity contribution is 5.45. The topological polar surface area (TPSA) is 85.1 Å². The third-order valence-corrected chi connectivity index (χ3v) is 2.87. The van der Waals surface area contributed by atoms with Gasteiger partial charge in [-0.2, -0.15) is 0 Å². The van der Waals surface area contributed by atoms with Crippen LogP contribution in [0.5, 0.6) is 11.5 Å². The molecule has 1 saturated heterocycles. The summed E-state index contributed by atoms with van der Waals surface area (Å²) < 4.78 is 10.7. The van der Waals surface area contributed by atoms with Crippen molar-refractivity contribution in [2.75, 3.05) is 39.5 Å². The number of hydrogen-bond donors (Lipinski definition) is 1. The maximum Gasteiger partial charge on any atom is 0.276 e. The molecule has 1 aliphatic rings. The predicted octanol–water partition coefficient (Wildman–Crippen LogP) is 1.01. The molecule has 1 heterocycles. The summed E-state index contributed by atoms with van der Waals surface area (Å²) in [5, 5.41) is 20.0. The number of nitro groups is 1. The Kier molecular flexibility index (Phi) is 4.53. The molecule has 1 aliphatic heterocycles. The van der Waals surface area contributed by atoms with E-state index >= 15 is 0 Å². The number of ether oxygens (including phenoxy) is 2. The molecule has 7 nitrogen and oxygen atoms in total. The molecule has 0 radical (unpaired) electrons. The van der Waals surface area contributed by atoms with Gasteiger partial charge in [-0.1, -0.05) is 0 Å². The molecule has 104 valence electrons. The van der Waals surface area contributed by atoms with Gasteiger partial charge in [0.2, 0.25) is 0 Å².